The third kappa shape index (κ3) is 2.47. The van der Waals surface area contributed by atoms with Crippen molar-refractivity contribution in [2.24, 2.45) is 0 Å². The molecule has 2 rings (SSSR count). The zero-order chi connectivity index (χ0) is 14.2. The fraction of sp³-hybridized carbons (Fsp3) is 0.429. The van der Waals surface area contributed by atoms with Gasteiger partial charge in [0.05, 0.1) is 21.4 Å². The van der Waals surface area contributed by atoms with Gasteiger partial charge < -0.3 is 4.90 Å². The molecule has 4 nitrogen and oxygen atoms in total. The van der Waals surface area contributed by atoms with E-state index in [0.717, 1.165) is 0 Å². The number of anilines is 1. The summed E-state index contributed by atoms with van der Waals surface area (Å²) in [5, 5.41) is 0. The molecule has 0 bridgehead atoms. The van der Waals surface area contributed by atoms with Gasteiger partial charge in [0.25, 0.3) is 0 Å². The molecule has 1 heterocycles. The smallest absolute Gasteiger partial charge is 0.240 e. The van der Waals surface area contributed by atoms with E-state index in [-0.39, 0.29) is 23.5 Å². The van der Waals surface area contributed by atoms with Gasteiger partial charge in [-0.3, -0.25) is 13.8 Å². The predicted octanol–water partition coefficient (Wildman–Crippen LogP) is 2.14. The molecule has 0 saturated carbocycles. The predicted molar refractivity (Wildman–Crippen MR) is 75.0 cm³/mol. The van der Waals surface area contributed by atoms with Gasteiger partial charge in [-0.05, 0) is 26.0 Å². The van der Waals surface area contributed by atoms with Gasteiger partial charge in [0, 0.05) is 18.0 Å². The van der Waals surface area contributed by atoms with Crippen molar-refractivity contribution in [1.29, 1.82) is 0 Å². The number of carbonyl (C=O) groups excluding carboxylic acids is 2. The van der Waals surface area contributed by atoms with Crippen LogP contribution in [0.5, 0.6) is 0 Å². The molecule has 1 aromatic rings. The highest BCUT2D eigenvalue weighted by Crippen LogP contribution is 2.31. The lowest BCUT2D eigenvalue weighted by atomic mass is 10.1. The minimum Gasteiger partial charge on any atom is -0.308 e. The van der Waals surface area contributed by atoms with Gasteiger partial charge in [-0.2, -0.15) is 0 Å². The van der Waals surface area contributed by atoms with E-state index < -0.39 is 10.8 Å². The number of fused-ring (bicyclic) bond motifs is 1. The number of carbonyl (C=O) groups is 2. The maximum atomic E-state index is 12.0. The van der Waals surface area contributed by atoms with Crippen LogP contribution in [0.1, 0.15) is 37.6 Å². The van der Waals surface area contributed by atoms with E-state index in [0.29, 0.717) is 22.6 Å². The van der Waals surface area contributed by atoms with Crippen molar-refractivity contribution in [2.45, 2.75) is 38.1 Å². The van der Waals surface area contributed by atoms with E-state index in [1.807, 2.05) is 13.8 Å². The lowest BCUT2D eigenvalue weighted by Gasteiger charge is -2.32. The van der Waals surface area contributed by atoms with Crippen LogP contribution < -0.4 is 4.90 Å². The van der Waals surface area contributed by atoms with E-state index in [2.05, 4.69) is 0 Å². The lowest BCUT2D eigenvalue weighted by Crippen LogP contribution is -2.43. The highest BCUT2D eigenvalue weighted by Gasteiger charge is 2.31. The number of nitrogens with zero attached hydrogens (tertiary/aromatic N) is 1. The largest absolute Gasteiger partial charge is 0.308 e. The monoisotopic (exact) mass is 279 g/mol. The number of amides is 1. The van der Waals surface area contributed by atoms with Gasteiger partial charge in [-0.1, -0.05) is 13.0 Å². The molecule has 0 saturated heterocycles. The third-order valence-electron chi connectivity index (χ3n) is 3.15. The Bertz CT molecular complexity index is 566. The summed E-state index contributed by atoms with van der Waals surface area (Å²) in [6.45, 7) is 5.61. The molecule has 0 spiro atoms. The first kappa shape index (κ1) is 13.9. The molecule has 0 aromatic heterocycles. The maximum Gasteiger partial charge on any atom is 0.240 e. The normalized spacial score (nSPS) is 18.6. The van der Waals surface area contributed by atoms with Crippen LogP contribution in [-0.2, 0) is 15.6 Å². The molecule has 0 N–H and O–H groups in total. The fourth-order valence-corrected chi connectivity index (χ4v) is 3.36. The zero-order valence-corrected chi connectivity index (χ0v) is 12.1. The molecule has 19 heavy (non-hydrogen) atoms. The molecule has 0 radical (unpaired) electrons. The quantitative estimate of drug-likeness (QED) is 0.797. The number of ketones is 1. The molecular formula is C14H17NO3S. The fourth-order valence-electron chi connectivity index (χ4n) is 2.24. The van der Waals surface area contributed by atoms with Crippen molar-refractivity contribution < 1.29 is 13.8 Å². The summed E-state index contributed by atoms with van der Waals surface area (Å²) >= 11 is 0. The first-order valence-electron chi connectivity index (χ1n) is 6.33. The van der Waals surface area contributed by atoms with Gasteiger partial charge in [-0.15, -0.1) is 0 Å². The Balaban J connectivity index is 2.58. The van der Waals surface area contributed by atoms with Crippen molar-refractivity contribution >= 4 is 28.2 Å². The van der Waals surface area contributed by atoms with Crippen molar-refractivity contribution in [3.63, 3.8) is 0 Å². The summed E-state index contributed by atoms with van der Waals surface area (Å²) in [5.74, 6) is -0.107. The summed E-state index contributed by atoms with van der Waals surface area (Å²) in [6.07, 6.45) is 0.414. The van der Waals surface area contributed by atoms with Gasteiger partial charge >= 0.3 is 0 Å². The minimum atomic E-state index is -1.31. The highest BCUT2D eigenvalue weighted by molar-refractivity contribution is 7.86. The molecule has 1 aromatic carbocycles. The number of hydrogen-bond donors (Lipinski definition) is 0. The van der Waals surface area contributed by atoms with Gasteiger partial charge in [0.15, 0.2) is 5.78 Å². The number of Topliss-reactive ketones (excluding diaryl/α,β-unsaturated/α-hetero) is 1. The second-order valence-electron chi connectivity index (χ2n) is 4.81. The molecule has 102 valence electrons. The molecular weight excluding hydrogens is 262 g/mol. The van der Waals surface area contributed by atoms with Crippen LogP contribution in [0, 0.1) is 0 Å². The van der Waals surface area contributed by atoms with Crippen molar-refractivity contribution in [3.8, 4) is 0 Å². The summed E-state index contributed by atoms with van der Waals surface area (Å²) in [6, 6.07) is 5.07. The number of hydrogen-bond acceptors (Lipinski definition) is 3. The second kappa shape index (κ2) is 5.25. The summed E-state index contributed by atoms with van der Waals surface area (Å²) in [5.41, 5.74) is 1.18. The van der Waals surface area contributed by atoms with E-state index in [4.69, 9.17) is 0 Å². The second-order valence-corrected chi connectivity index (χ2v) is 6.23. The topological polar surface area (TPSA) is 54.5 Å². The average Bonchev–Trinajstić information content (AvgIpc) is 2.36. The molecule has 5 heteroatoms. The Morgan fingerprint density at radius 1 is 1.42 bits per heavy atom. The van der Waals surface area contributed by atoms with Crippen molar-refractivity contribution in [2.75, 3.05) is 10.7 Å². The standard InChI is InChI=1S/C14H17NO3S/c1-4-12(16)10-5-6-13-11(7-10)15(9(2)3)14(17)8-19(13)18/h5-7,9H,4,8H2,1-3H3. The molecule has 0 aliphatic carbocycles. The van der Waals surface area contributed by atoms with Crippen LogP contribution in [-0.4, -0.2) is 27.7 Å². The molecule has 1 amide bonds. The van der Waals surface area contributed by atoms with Crippen LogP contribution in [0.2, 0.25) is 0 Å². The Morgan fingerprint density at radius 2 is 2.11 bits per heavy atom. The third-order valence-corrected chi connectivity index (χ3v) is 4.49. The van der Waals surface area contributed by atoms with E-state index >= 15 is 0 Å². The highest BCUT2D eigenvalue weighted by atomic mass is 32.2. The summed E-state index contributed by atoms with van der Waals surface area (Å²) in [7, 11) is -1.31. The van der Waals surface area contributed by atoms with Crippen molar-refractivity contribution in [1.82, 2.24) is 0 Å². The van der Waals surface area contributed by atoms with Crippen LogP contribution in [0.15, 0.2) is 23.1 Å². The first-order chi connectivity index (χ1) is 8.95. The van der Waals surface area contributed by atoms with E-state index in [9.17, 15) is 13.8 Å². The van der Waals surface area contributed by atoms with Gasteiger partial charge in [-0.25, -0.2) is 0 Å². The van der Waals surface area contributed by atoms with Gasteiger partial charge in [0.2, 0.25) is 5.91 Å². The minimum absolute atomic E-state index is 0.0180. The molecule has 1 unspecified atom stereocenters. The first-order valence-corrected chi connectivity index (χ1v) is 7.65. The Labute approximate surface area is 115 Å². The van der Waals surface area contributed by atoms with E-state index in [1.165, 1.54) is 0 Å². The Morgan fingerprint density at radius 3 is 2.68 bits per heavy atom. The molecule has 0 fully saturated rings. The SMILES string of the molecule is CCC(=O)c1ccc2c(c1)N(C(C)C)C(=O)CS2=O. The molecule has 1 atom stereocenters. The lowest BCUT2D eigenvalue weighted by molar-refractivity contribution is -0.116. The zero-order valence-electron chi connectivity index (χ0n) is 11.3. The summed E-state index contributed by atoms with van der Waals surface area (Å²) in [4.78, 5) is 26.0. The summed E-state index contributed by atoms with van der Waals surface area (Å²) < 4.78 is 12.0. The molecule has 1 aliphatic heterocycles. The van der Waals surface area contributed by atoms with Crippen LogP contribution in [0.4, 0.5) is 5.69 Å². The van der Waals surface area contributed by atoms with E-state index in [1.54, 1.807) is 30.0 Å². The van der Waals surface area contributed by atoms with Crippen LogP contribution in [0.3, 0.4) is 0 Å². The van der Waals surface area contributed by atoms with Gasteiger partial charge in [0.1, 0.15) is 5.75 Å². The number of rotatable bonds is 3. The average molecular weight is 279 g/mol. The van der Waals surface area contributed by atoms with Crippen molar-refractivity contribution in [3.05, 3.63) is 23.8 Å². The Kier molecular flexibility index (Phi) is 3.85. The van der Waals surface area contributed by atoms with Crippen LogP contribution in [0.25, 0.3) is 0 Å². The number of benzene rings is 1. The molecule has 1 aliphatic rings. The Hall–Kier alpha value is -1.49. The maximum absolute atomic E-state index is 12.0. The van der Waals surface area contributed by atoms with Crippen LogP contribution >= 0.6 is 0 Å².